The van der Waals surface area contributed by atoms with Gasteiger partial charge in [0.05, 0.1) is 7.11 Å². The van der Waals surface area contributed by atoms with Crippen LogP contribution in [0.25, 0.3) is 0 Å². The molecule has 0 aliphatic carbocycles. The number of carbonyl (C=O) groups is 2. The third-order valence-electron chi connectivity index (χ3n) is 2.37. The molecule has 0 aliphatic rings. The van der Waals surface area contributed by atoms with Crippen LogP contribution in [0.5, 0.6) is 5.75 Å². The second-order valence-electron chi connectivity index (χ2n) is 3.86. The molecule has 0 atom stereocenters. The Balaban J connectivity index is 2.70. The molecule has 6 nitrogen and oxygen atoms in total. The van der Waals surface area contributed by atoms with E-state index in [-0.39, 0.29) is 6.54 Å². The first kappa shape index (κ1) is 13.8. The average molecular weight is 252 g/mol. The number of likely N-dealkylation sites (N-methyl/N-ethyl adjacent to an activating group) is 1. The lowest BCUT2D eigenvalue weighted by molar-refractivity contribution is -0.137. The Labute approximate surface area is 105 Å². The number of ether oxygens (including phenoxy) is 1. The highest BCUT2D eigenvalue weighted by Crippen LogP contribution is 2.21. The lowest BCUT2D eigenvalue weighted by Crippen LogP contribution is -2.35. The number of rotatable bonds is 4. The van der Waals surface area contributed by atoms with E-state index in [2.05, 4.69) is 5.32 Å². The smallest absolute Gasteiger partial charge is 0.323 e. The van der Waals surface area contributed by atoms with Crippen LogP contribution in [0.4, 0.5) is 10.5 Å². The summed E-state index contributed by atoms with van der Waals surface area (Å²) in [5.74, 6) is -0.328. The molecular weight excluding hydrogens is 236 g/mol. The molecule has 0 aliphatic heterocycles. The SMILES string of the molecule is COc1ccc(NC(=O)N(C)CC(=O)O)cc1C. The summed E-state index contributed by atoms with van der Waals surface area (Å²) in [6.45, 7) is 1.51. The minimum atomic E-state index is -1.06. The van der Waals surface area contributed by atoms with Crippen LogP contribution >= 0.6 is 0 Å². The molecule has 18 heavy (non-hydrogen) atoms. The number of benzene rings is 1. The number of carboxylic acid groups (broad SMARTS) is 1. The summed E-state index contributed by atoms with van der Waals surface area (Å²) >= 11 is 0. The number of hydrogen-bond donors (Lipinski definition) is 2. The highest BCUT2D eigenvalue weighted by molar-refractivity contribution is 5.91. The Hall–Kier alpha value is -2.24. The van der Waals surface area contributed by atoms with Crippen molar-refractivity contribution in [2.45, 2.75) is 6.92 Å². The predicted octanol–water partition coefficient (Wildman–Crippen LogP) is 1.55. The topological polar surface area (TPSA) is 78.9 Å². The quantitative estimate of drug-likeness (QED) is 0.852. The number of methoxy groups -OCH3 is 1. The summed E-state index contributed by atoms with van der Waals surface area (Å²) in [6, 6.07) is 4.72. The molecule has 0 aromatic heterocycles. The number of aryl methyl sites for hydroxylation is 1. The van der Waals surface area contributed by atoms with Gasteiger partial charge >= 0.3 is 12.0 Å². The summed E-state index contributed by atoms with van der Waals surface area (Å²) in [6.07, 6.45) is 0. The van der Waals surface area contributed by atoms with E-state index in [9.17, 15) is 9.59 Å². The van der Waals surface area contributed by atoms with Crippen LogP contribution in [0.1, 0.15) is 5.56 Å². The van der Waals surface area contributed by atoms with Crippen LogP contribution in [0.15, 0.2) is 18.2 Å². The number of hydrogen-bond acceptors (Lipinski definition) is 3. The third-order valence-corrected chi connectivity index (χ3v) is 2.37. The number of carbonyl (C=O) groups excluding carboxylic acids is 1. The molecule has 1 aromatic carbocycles. The van der Waals surface area contributed by atoms with E-state index in [1.807, 2.05) is 6.92 Å². The Kier molecular flexibility index (Phi) is 4.53. The highest BCUT2D eigenvalue weighted by atomic mass is 16.5. The molecule has 0 fully saturated rings. The van der Waals surface area contributed by atoms with Crippen molar-refractivity contribution < 1.29 is 19.4 Å². The third kappa shape index (κ3) is 3.65. The molecule has 0 heterocycles. The van der Waals surface area contributed by atoms with E-state index >= 15 is 0 Å². The van der Waals surface area contributed by atoms with Gasteiger partial charge in [0, 0.05) is 12.7 Å². The Morgan fingerprint density at radius 2 is 2.11 bits per heavy atom. The monoisotopic (exact) mass is 252 g/mol. The van der Waals surface area contributed by atoms with Gasteiger partial charge in [-0.1, -0.05) is 0 Å². The molecule has 0 unspecified atom stereocenters. The van der Waals surface area contributed by atoms with Crippen LogP contribution in [-0.2, 0) is 4.79 Å². The van der Waals surface area contributed by atoms with Gasteiger partial charge < -0.3 is 20.1 Å². The van der Waals surface area contributed by atoms with Gasteiger partial charge in [0.1, 0.15) is 12.3 Å². The summed E-state index contributed by atoms with van der Waals surface area (Å²) in [7, 11) is 2.99. The fourth-order valence-electron chi connectivity index (χ4n) is 1.45. The molecule has 1 rings (SSSR count). The minimum absolute atomic E-state index is 0.346. The molecule has 0 bridgehead atoms. The zero-order valence-electron chi connectivity index (χ0n) is 10.6. The molecule has 0 radical (unpaired) electrons. The van der Waals surface area contributed by atoms with Gasteiger partial charge in [-0.25, -0.2) is 4.79 Å². The number of aliphatic carboxylic acids is 1. The van der Waals surface area contributed by atoms with E-state index in [1.165, 1.54) is 7.05 Å². The molecule has 1 aromatic rings. The van der Waals surface area contributed by atoms with Crippen molar-refractivity contribution >= 4 is 17.7 Å². The van der Waals surface area contributed by atoms with Gasteiger partial charge in [-0.2, -0.15) is 0 Å². The summed E-state index contributed by atoms with van der Waals surface area (Å²) < 4.78 is 5.10. The predicted molar refractivity (Wildman–Crippen MR) is 67.0 cm³/mol. The maximum Gasteiger partial charge on any atom is 0.323 e. The first-order valence-electron chi connectivity index (χ1n) is 5.32. The molecule has 6 heteroatoms. The first-order chi connectivity index (χ1) is 8.43. The molecule has 0 saturated heterocycles. The fraction of sp³-hybridized carbons (Fsp3) is 0.333. The van der Waals surface area contributed by atoms with Gasteiger partial charge in [0.15, 0.2) is 0 Å². The lowest BCUT2D eigenvalue weighted by atomic mass is 10.2. The van der Waals surface area contributed by atoms with E-state index in [0.29, 0.717) is 5.69 Å². The van der Waals surface area contributed by atoms with Crippen molar-refractivity contribution in [2.75, 3.05) is 26.0 Å². The largest absolute Gasteiger partial charge is 0.496 e. The van der Waals surface area contributed by atoms with E-state index < -0.39 is 12.0 Å². The fourth-order valence-corrected chi connectivity index (χ4v) is 1.45. The van der Waals surface area contributed by atoms with Crippen molar-refractivity contribution in [1.29, 1.82) is 0 Å². The number of urea groups is 1. The Morgan fingerprint density at radius 3 is 2.61 bits per heavy atom. The molecule has 0 saturated carbocycles. The molecule has 2 amide bonds. The number of nitrogens with zero attached hydrogens (tertiary/aromatic N) is 1. The zero-order valence-corrected chi connectivity index (χ0v) is 10.6. The van der Waals surface area contributed by atoms with Gasteiger partial charge in [-0.3, -0.25) is 4.79 Å². The minimum Gasteiger partial charge on any atom is -0.496 e. The average Bonchev–Trinajstić information content (AvgIpc) is 2.28. The highest BCUT2D eigenvalue weighted by Gasteiger charge is 2.12. The number of amides is 2. The zero-order chi connectivity index (χ0) is 13.7. The second kappa shape index (κ2) is 5.90. The van der Waals surface area contributed by atoms with Crippen molar-refractivity contribution in [3.8, 4) is 5.75 Å². The van der Waals surface area contributed by atoms with E-state index in [0.717, 1.165) is 16.2 Å². The summed E-state index contributed by atoms with van der Waals surface area (Å²) in [5, 5.41) is 11.2. The second-order valence-corrected chi connectivity index (χ2v) is 3.86. The lowest BCUT2D eigenvalue weighted by Gasteiger charge is -2.16. The number of carboxylic acids is 1. The van der Waals surface area contributed by atoms with E-state index in [1.54, 1.807) is 25.3 Å². The van der Waals surface area contributed by atoms with Crippen molar-refractivity contribution in [3.63, 3.8) is 0 Å². The normalized spacial score (nSPS) is 9.72. The number of nitrogens with one attached hydrogen (secondary N) is 1. The van der Waals surface area contributed by atoms with Crippen LogP contribution in [0.2, 0.25) is 0 Å². The summed E-state index contributed by atoms with van der Waals surface area (Å²) in [4.78, 5) is 23.2. The standard InChI is InChI=1S/C12H16N2O4/c1-8-6-9(4-5-10(8)18-3)13-12(17)14(2)7-11(15)16/h4-6H,7H2,1-3H3,(H,13,17)(H,15,16). The van der Waals surface area contributed by atoms with Crippen LogP contribution in [0, 0.1) is 6.92 Å². The Bertz CT molecular complexity index is 459. The number of anilines is 1. The summed E-state index contributed by atoms with van der Waals surface area (Å²) in [5.41, 5.74) is 1.48. The maximum atomic E-state index is 11.6. The Morgan fingerprint density at radius 1 is 1.44 bits per heavy atom. The van der Waals surface area contributed by atoms with Crippen LogP contribution in [0.3, 0.4) is 0 Å². The van der Waals surface area contributed by atoms with Crippen LogP contribution < -0.4 is 10.1 Å². The van der Waals surface area contributed by atoms with E-state index in [4.69, 9.17) is 9.84 Å². The van der Waals surface area contributed by atoms with Crippen molar-refractivity contribution in [3.05, 3.63) is 23.8 Å². The van der Waals surface area contributed by atoms with Gasteiger partial charge in [0.25, 0.3) is 0 Å². The van der Waals surface area contributed by atoms with Crippen LogP contribution in [-0.4, -0.2) is 42.7 Å². The first-order valence-corrected chi connectivity index (χ1v) is 5.32. The molecular formula is C12H16N2O4. The maximum absolute atomic E-state index is 11.6. The molecule has 2 N–H and O–H groups in total. The van der Waals surface area contributed by atoms with Crippen molar-refractivity contribution in [1.82, 2.24) is 4.90 Å². The molecule has 0 spiro atoms. The molecule has 98 valence electrons. The van der Waals surface area contributed by atoms with Gasteiger partial charge in [-0.05, 0) is 30.7 Å². The van der Waals surface area contributed by atoms with Gasteiger partial charge in [-0.15, -0.1) is 0 Å². The van der Waals surface area contributed by atoms with Gasteiger partial charge in [0.2, 0.25) is 0 Å². The van der Waals surface area contributed by atoms with Crippen molar-refractivity contribution in [2.24, 2.45) is 0 Å².